The first-order chi connectivity index (χ1) is 9.22. The van der Waals surface area contributed by atoms with E-state index in [2.05, 4.69) is 41.7 Å². The Morgan fingerprint density at radius 1 is 1.32 bits per heavy atom. The molecular formula is C14H19N3OS. The zero-order chi connectivity index (χ0) is 13.7. The van der Waals surface area contributed by atoms with E-state index in [1.807, 2.05) is 12.1 Å². The van der Waals surface area contributed by atoms with Gasteiger partial charge in [0.2, 0.25) is 0 Å². The molecule has 0 saturated carbocycles. The molecule has 0 radical (unpaired) electrons. The minimum absolute atomic E-state index is 0.451. The van der Waals surface area contributed by atoms with Crippen molar-refractivity contribution in [3.8, 4) is 5.75 Å². The molecule has 0 fully saturated rings. The third kappa shape index (κ3) is 3.44. The first-order valence-corrected chi connectivity index (χ1v) is 7.23. The lowest BCUT2D eigenvalue weighted by atomic mass is 10.1. The molecule has 0 amide bonds. The second-order valence-corrected chi connectivity index (χ2v) is 5.22. The number of benzene rings is 1. The molecule has 0 unspecified atom stereocenters. The number of aromatic nitrogens is 2. The summed E-state index contributed by atoms with van der Waals surface area (Å²) in [6.07, 6.45) is 1.08. The van der Waals surface area contributed by atoms with Gasteiger partial charge in [-0.15, -0.1) is 5.10 Å². The lowest BCUT2D eigenvalue weighted by molar-refractivity contribution is 0.299. The molecule has 5 heteroatoms. The van der Waals surface area contributed by atoms with Crippen LogP contribution in [0.25, 0.3) is 0 Å². The minimum atomic E-state index is 0.451. The van der Waals surface area contributed by atoms with Crippen LogP contribution in [0.4, 0.5) is 5.00 Å². The summed E-state index contributed by atoms with van der Waals surface area (Å²) in [5, 5.41) is 8.44. The van der Waals surface area contributed by atoms with E-state index in [4.69, 9.17) is 4.74 Å². The average Bonchev–Trinajstić information content (AvgIpc) is 2.85. The van der Waals surface area contributed by atoms with E-state index in [-0.39, 0.29) is 0 Å². The van der Waals surface area contributed by atoms with Gasteiger partial charge in [-0.2, -0.15) is 0 Å². The molecule has 0 spiro atoms. The molecule has 0 aliphatic rings. The molecule has 1 heterocycles. The molecule has 0 aliphatic heterocycles. The Kier molecular flexibility index (Phi) is 4.74. The van der Waals surface area contributed by atoms with Gasteiger partial charge in [0.05, 0.1) is 0 Å². The predicted molar refractivity (Wildman–Crippen MR) is 78.9 cm³/mol. The molecule has 19 heavy (non-hydrogen) atoms. The van der Waals surface area contributed by atoms with Crippen molar-refractivity contribution >= 4 is 16.5 Å². The molecule has 0 aliphatic carbocycles. The fourth-order valence-corrected chi connectivity index (χ4v) is 2.30. The van der Waals surface area contributed by atoms with E-state index in [0.29, 0.717) is 6.61 Å². The van der Waals surface area contributed by atoms with Crippen molar-refractivity contribution in [3.05, 3.63) is 35.0 Å². The Labute approximate surface area is 118 Å². The number of nitrogens with one attached hydrogen (secondary N) is 1. The molecule has 1 aromatic carbocycles. The minimum Gasteiger partial charge on any atom is -0.487 e. The zero-order valence-corrected chi connectivity index (χ0v) is 12.4. The maximum Gasteiger partial charge on any atom is 0.136 e. The number of hydrogen-bond donors (Lipinski definition) is 1. The molecule has 0 atom stereocenters. The maximum absolute atomic E-state index is 5.85. The summed E-state index contributed by atoms with van der Waals surface area (Å²) in [4.78, 5) is 0. The molecule has 102 valence electrons. The van der Waals surface area contributed by atoms with Crippen LogP contribution in [0, 0.1) is 13.8 Å². The molecular weight excluding hydrogens is 258 g/mol. The topological polar surface area (TPSA) is 47.0 Å². The van der Waals surface area contributed by atoms with E-state index >= 15 is 0 Å². The normalized spacial score (nSPS) is 10.5. The van der Waals surface area contributed by atoms with Gasteiger partial charge in [0, 0.05) is 18.1 Å². The van der Waals surface area contributed by atoms with Crippen LogP contribution >= 0.6 is 11.5 Å². The summed E-state index contributed by atoms with van der Waals surface area (Å²) in [6.45, 7) is 7.67. The van der Waals surface area contributed by atoms with Gasteiger partial charge >= 0.3 is 0 Å². The van der Waals surface area contributed by atoms with Crippen LogP contribution in [0.15, 0.2) is 18.2 Å². The fraction of sp³-hybridized carbons (Fsp3) is 0.429. The Bertz CT molecular complexity index is 539. The van der Waals surface area contributed by atoms with Gasteiger partial charge in [0.1, 0.15) is 23.1 Å². The summed E-state index contributed by atoms with van der Waals surface area (Å²) in [6, 6.07) is 6.08. The lowest BCUT2D eigenvalue weighted by Crippen LogP contribution is -2.04. The molecule has 1 aromatic heterocycles. The van der Waals surface area contributed by atoms with Crippen LogP contribution in [0.3, 0.4) is 0 Å². The van der Waals surface area contributed by atoms with Crippen LogP contribution in [0.5, 0.6) is 5.75 Å². The number of rotatable bonds is 6. The van der Waals surface area contributed by atoms with Gasteiger partial charge in [-0.25, -0.2) is 0 Å². The zero-order valence-electron chi connectivity index (χ0n) is 11.6. The van der Waals surface area contributed by atoms with E-state index in [1.165, 1.54) is 22.7 Å². The molecule has 2 rings (SSSR count). The van der Waals surface area contributed by atoms with Crippen LogP contribution in [-0.4, -0.2) is 16.1 Å². The number of aryl methyl sites for hydroxylation is 1. The summed E-state index contributed by atoms with van der Waals surface area (Å²) in [7, 11) is 0. The highest BCUT2D eigenvalue weighted by atomic mass is 32.1. The van der Waals surface area contributed by atoms with Crippen LogP contribution < -0.4 is 10.1 Å². The Hall–Kier alpha value is -1.62. The first kappa shape index (κ1) is 13.8. The third-order valence-corrected chi connectivity index (χ3v) is 3.74. The predicted octanol–water partition coefficient (Wildman–Crippen LogP) is 3.56. The molecule has 0 saturated heterocycles. The number of hydrogen-bond acceptors (Lipinski definition) is 5. The highest BCUT2D eigenvalue weighted by Crippen LogP contribution is 2.24. The summed E-state index contributed by atoms with van der Waals surface area (Å²) >= 11 is 1.38. The van der Waals surface area contributed by atoms with Crippen molar-refractivity contribution in [1.82, 2.24) is 9.59 Å². The second-order valence-electron chi connectivity index (χ2n) is 4.46. The third-order valence-electron chi connectivity index (χ3n) is 3.01. The SMILES string of the molecule is CCCNc1snnc1COc1cccc(C)c1C. The van der Waals surface area contributed by atoms with Crippen LogP contribution in [0.1, 0.15) is 30.2 Å². The Morgan fingerprint density at radius 2 is 2.16 bits per heavy atom. The molecule has 1 N–H and O–H groups in total. The number of ether oxygens (including phenoxy) is 1. The molecule has 2 aromatic rings. The lowest BCUT2D eigenvalue weighted by Gasteiger charge is -2.10. The van der Waals surface area contributed by atoms with Crippen LogP contribution in [0.2, 0.25) is 0 Å². The summed E-state index contributed by atoms with van der Waals surface area (Å²) in [5.74, 6) is 0.912. The highest BCUT2D eigenvalue weighted by Gasteiger charge is 2.09. The van der Waals surface area contributed by atoms with Crippen molar-refractivity contribution in [2.45, 2.75) is 33.8 Å². The number of nitrogens with zero attached hydrogens (tertiary/aromatic N) is 2. The monoisotopic (exact) mass is 277 g/mol. The van der Waals surface area contributed by atoms with Gasteiger partial charge < -0.3 is 10.1 Å². The molecule has 0 bridgehead atoms. The standard InChI is InChI=1S/C14H19N3OS/c1-4-8-15-14-12(16-17-19-14)9-18-13-7-5-6-10(2)11(13)3/h5-7,15H,4,8-9H2,1-3H3. The van der Waals surface area contributed by atoms with Crippen molar-refractivity contribution in [1.29, 1.82) is 0 Å². The average molecular weight is 277 g/mol. The fourth-order valence-electron chi connectivity index (χ4n) is 1.70. The molecule has 4 nitrogen and oxygen atoms in total. The number of anilines is 1. The van der Waals surface area contributed by atoms with E-state index in [1.54, 1.807) is 0 Å². The van der Waals surface area contributed by atoms with E-state index in [9.17, 15) is 0 Å². The first-order valence-electron chi connectivity index (χ1n) is 6.46. The maximum atomic E-state index is 5.85. The van der Waals surface area contributed by atoms with E-state index in [0.717, 1.165) is 29.4 Å². The quantitative estimate of drug-likeness (QED) is 0.877. The summed E-state index contributed by atoms with van der Waals surface area (Å²) < 4.78 is 9.82. The summed E-state index contributed by atoms with van der Waals surface area (Å²) in [5.41, 5.74) is 3.28. The van der Waals surface area contributed by atoms with Crippen molar-refractivity contribution in [2.75, 3.05) is 11.9 Å². The van der Waals surface area contributed by atoms with Gasteiger partial charge in [-0.05, 0) is 37.5 Å². The largest absolute Gasteiger partial charge is 0.487 e. The smallest absolute Gasteiger partial charge is 0.136 e. The van der Waals surface area contributed by atoms with Gasteiger partial charge in [-0.3, -0.25) is 0 Å². The van der Waals surface area contributed by atoms with Crippen molar-refractivity contribution in [3.63, 3.8) is 0 Å². The van der Waals surface area contributed by atoms with Crippen LogP contribution in [-0.2, 0) is 6.61 Å². The Morgan fingerprint density at radius 3 is 2.95 bits per heavy atom. The van der Waals surface area contributed by atoms with Gasteiger partial charge in [0.15, 0.2) is 0 Å². The highest BCUT2D eigenvalue weighted by molar-refractivity contribution is 7.10. The Balaban J connectivity index is 2.02. The van der Waals surface area contributed by atoms with Crippen molar-refractivity contribution < 1.29 is 4.74 Å². The van der Waals surface area contributed by atoms with Crippen molar-refractivity contribution in [2.24, 2.45) is 0 Å². The van der Waals surface area contributed by atoms with E-state index < -0.39 is 0 Å². The second kappa shape index (κ2) is 6.52. The van der Waals surface area contributed by atoms with Gasteiger partial charge in [-0.1, -0.05) is 23.5 Å². The van der Waals surface area contributed by atoms with Gasteiger partial charge in [0.25, 0.3) is 0 Å².